The zero-order chi connectivity index (χ0) is 14.5. The minimum absolute atomic E-state index is 0.119. The highest BCUT2D eigenvalue weighted by Crippen LogP contribution is 2.36. The smallest absolute Gasteiger partial charge is 0.186 e. The summed E-state index contributed by atoms with van der Waals surface area (Å²) < 4.78 is 19.7. The molecule has 0 saturated heterocycles. The van der Waals surface area contributed by atoms with Gasteiger partial charge in [0, 0.05) is 13.7 Å². The monoisotopic (exact) mass is 281 g/mol. The second-order valence-electron chi connectivity index (χ2n) is 5.35. The van der Waals surface area contributed by atoms with Crippen molar-refractivity contribution in [2.45, 2.75) is 52.1 Å². The molecule has 1 aromatic heterocycles. The predicted octanol–water partition coefficient (Wildman–Crippen LogP) is 3.62. The van der Waals surface area contributed by atoms with Crippen LogP contribution in [0.3, 0.4) is 0 Å². The van der Waals surface area contributed by atoms with Gasteiger partial charge in [-0.15, -0.1) is 0 Å². The van der Waals surface area contributed by atoms with Gasteiger partial charge in [0.15, 0.2) is 17.5 Å². The number of halogens is 1. The molecule has 2 rings (SSSR count). The van der Waals surface area contributed by atoms with Crippen LogP contribution in [0, 0.1) is 18.7 Å². The van der Waals surface area contributed by atoms with E-state index in [4.69, 9.17) is 4.74 Å². The summed E-state index contributed by atoms with van der Waals surface area (Å²) in [5.41, 5.74) is 0.375. The number of hydrogen-bond donors (Lipinski definition) is 1. The van der Waals surface area contributed by atoms with Gasteiger partial charge in [0.05, 0.1) is 5.69 Å². The number of nitrogens with zero attached hydrogens (tertiary/aromatic N) is 2. The molecule has 20 heavy (non-hydrogen) atoms. The van der Waals surface area contributed by atoms with E-state index in [9.17, 15) is 4.39 Å². The van der Waals surface area contributed by atoms with Crippen molar-refractivity contribution in [2.75, 3.05) is 19.0 Å². The fourth-order valence-electron chi connectivity index (χ4n) is 2.91. The van der Waals surface area contributed by atoms with Gasteiger partial charge in [-0.3, -0.25) is 0 Å². The Bertz CT molecular complexity index is 447. The molecule has 1 fully saturated rings. The van der Waals surface area contributed by atoms with Crippen LogP contribution in [0.25, 0.3) is 0 Å². The molecule has 1 heterocycles. The highest BCUT2D eigenvalue weighted by molar-refractivity contribution is 5.37. The summed E-state index contributed by atoms with van der Waals surface area (Å²) in [4.78, 5) is 8.65. The summed E-state index contributed by atoms with van der Waals surface area (Å²) >= 11 is 0. The van der Waals surface area contributed by atoms with Crippen molar-refractivity contribution in [3.05, 3.63) is 17.3 Å². The first-order valence-corrected chi connectivity index (χ1v) is 7.50. The molecule has 112 valence electrons. The highest BCUT2D eigenvalue weighted by atomic mass is 19.1. The van der Waals surface area contributed by atoms with Crippen molar-refractivity contribution in [3.8, 4) is 0 Å². The van der Waals surface area contributed by atoms with Crippen molar-refractivity contribution in [1.29, 1.82) is 0 Å². The lowest BCUT2D eigenvalue weighted by molar-refractivity contribution is -0.000305. The molecular formula is C15H24FN3O. The van der Waals surface area contributed by atoms with Gasteiger partial charge >= 0.3 is 0 Å². The molecule has 1 aliphatic carbocycles. The predicted molar refractivity (Wildman–Crippen MR) is 77.2 cm³/mol. The second kappa shape index (κ2) is 6.97. The Morgan fingerprint density at radius 1 is 1.30 bits per heavy atom. The molecular weight excluding hydrogens is 257 g/mol. The summed E-state index contributed by atoms with van der Waals surface area (Å²) in [5, 5.41) is 2.79. The molecule has 0 aromatic carbocycles. The molecule has 0 aliphatic heterocycles. The average Bonchev–Trinajstić information content (AvgIpc) is 2.48. The molecule has 1 unspecified atom stereocenters. The molecule has 1 aliphatic rings. The summed E-state index contributed by atoms with van der Waals surface area (Å²) in [7, 11) is 1.67. The first-order chi connectivity index (χ1) is 9.67. The molecule has 0 bridgehead atoms. The number of anilines is 1. The number of rotatable bonds is 5. The van der Waals surface area contributed by atoms with Crippen LogP contribution < -0.4 is 5.32 Å². The molecule has 0 amide bonds. The summed E-state index contributed by atoms with van der Waals surface area (Å²) in [6.07, 6.45) is 5.91. The summed E-state index contributed by atoms with van der Waals surface area (Å²) in [6.45, 7) is 4.27. The minimum Gasteiger partial charge on any atom is -0.371 e. The average molecular weight is 281 g/mol. The van der Waals surface area contributed by atoms with E-state index in [-0.39, 0.29) is 17.7 Å². The van der Waals surface area contributed by atoms with Crippen LogP contribution in [0.4, 0.5) is 10.2 Å². The summed E-state index contributed by atoms with van der Waals surface area (Å²) in [6, 6.07) is 0. The van der Waals surface area contributed by atoms with Crippen molar-refractivity contribution >= 4 is 5.82 Å². The zero-order valence-corrected chi connectivity index (χ0v) is 12.6. The third-order valence-corrected chi connectivity index (χ3v) is 3.95. The van der Waals surface area contributed by atoms with Gasteiger partial charge in [0.25, 0.3) is 0 Å². The van der Waals surface area contributed by atoms with E-state index in [1.54, 1.807) is 14.0 Å². The maximum absolute atomic E-state index is 13.8. The molecule has 0 spiro atoms. The number of nitrogens with one attached hydrogen (secondary N) is 1. The fourth-order valence-corrected chi connectivity index (χ4v) is 2.91. The second-order valence-corrected chi connectivity index (χ2v) is 5.35. The first kappa shape index (κ1) is 15.2. The molecule has 1 saturated carbocycles. The van der Waals surface area contributed by atoms with Crippen molar-refractivity contribution in [2.24, 2.45) is 5.92 Å². The first-order valence-electron chi connectivity index (χ1n) is 7.50. The Morgan fingerprint density at radius 3 is 2.60 bits per heavy atom. The fraction of sp³-hybridized carbons (Fsp3) is 0.733. The van der Waals surface area contributed by atoms with E-state index in [0.717, 1.165) is 12.8 Å². The van der Waals surface area contributed by atoms with E-state index < -0.39 is 0 Å². The van der Waals surface area contributed by atoms with Gasteiger partial charge in [-0.1, -0.05) is 19.3 Å². The Kier molecular flexibility index (Phi) is 5.29. The molecule has 4 nitrogen and oxygen atoms in total. The number of aromatic nitrogens is 2. The molecule has 5 heteroatoms. The van der Waals surface area contributed by atoms with Crippen LogP contribution in [0.15, 0.2) is 0 Å². The maximum atomic E-state index is 13.8. The van der Waals surface area contributed by atoms with Crippen LogP contribution in [0.1, 0.15) is 56.7 Å². The van der Waals surface area contributed by atoms with Gasteiger partial charge in [-0.25, -0.2) is 14.4 Å². The number of hydrogen-bond acceptors (Lipinski definition) is 4. The highest BCUT2D eigenvalue weighted by Gasteiger charge is 2.29. The van der Waals surface area contributed by atoms with Gasteiger partial charge in [0.1, 0.15) is 6.10 Å². The van der Waals surface area contributed by atoms with E-state index in [1.807, 2.05) is 6.92 Å². The van der Waals surface area contributed by atoms with E-state index in [0.29, 0.717) is 24.0 Å². The lowest BCUT2D eigenvalue weighted by atomic mass is 9.85. The van der Waals surface area contributed by atoms with Gasteiger partial charge in [-0.2, -0.15) is 0 Å². The van der Waals surface area contributed by atoms with Crippen molar-refractivity contribution in [3.63, 3.8) is 0 Å². The third-order valence-electron chi connectivity index (χ3n) is 3.95. The zero-order valence-electron chi connectivity index (χ0n) is 12.6. The Hall–Kier alpha value is -1.23. The van der Waals surface area contributed by atoms with E-state index >= 15 is 0 Å². The standard InChI is InChI=1S/C15H24FN3O/c1-4-20-13(11-8-6-5-7-9-11)15-18-10(2)12(16)14(17-3)19-15/h11,13H,4-9H2,1-3H3,(H,17,18,19). The van der Waals surface area contributed by atoms with Gasteiger partial charge in [0.2, 0.25) is 0 Å². The summed E-state index contributed by atoms with van der Waals surface area (Å²) in [5.74, 6) is 0.934. The van der Waals surface area contributed by atoms with Crippen LogP contribution in [-0.4, -0.2) is 23.6 Å². The van der Waals surface area contributed by atoms with E-state index in [2.05, 4.69) is 15.3 Å². The number of aryl methyl sites for hydroxylation is 1. The van der Waals surface area contributed by atoms with Gasteiger partial charge in [-0.05, 0) is 32.6 Å². The number of ether oxygens (including phenoxy) is 1. The lowest BCUT2D eigenvalue weighted by Gasteiger charge is -2.29. The topological polar surface area (TPSA) is 47.0 Å². The van der Waals surface area contributed by atoms with E-state index in [1.165, 1.54) is 19.3 Å². The van der Waals surface area contributed by atoms with Crippen LogP contribution >= 0.6 is 0 Å². The molecule has 1 aromatic rings. The largest absolute Gasteiger partial charge is 0.371 e. The van der Waals surface area contributed by atoms with Crippen LogP contribution in [0.2, 0.25) is 0 Å². The SMILES string of the molecule is CCOC(c1nc(C)c(F)c(NC)n1)C1CCCCC1. The Labute approximate surface area is 120 Å². The molecule has 1 N–H and O–H groups in total. The van der Waals surface area contributed by atoms with Crippen molar-refractivity contribution < 1.29 is 9.13 Å². The Morgan fingerprint density at radius 2 is 2.00 bits per heavy atom. The minimum atomic E-state index is -0.379. The third kappa shape index (κ3) is 3.26. The van der Waals surface area contributed by atoms with Crippen LogP contribution in [0.5, 0.6) is 0 Å². The molecule has 1 atom stereocenters. The van der Waals surface area contributed by atoms with Crippen LogP contribution in [-0.2, 0) is 4.74 Å². The van der Waals surface area contributed by atoms with Crippen molar-refractivity contribution in [1.82, 2.24) is 9.97 Å². The normalized spacial score (nSPS) is 18.0. The lowest BCUT2D eigenvalue weighted by Crippen LogP contribution is -2.22. The molecule has 0 radical (unpaired) electrons. The van der Waals surface area contributed by atoms with Gasteiger partial charge < -0.3 is 10.1 Å². The quantitative estimate of drug-likeness (QED) is 0.895. The maximum Gasteiger partial charge on any atom is 0.186 e. The Balaban J connectivity index is 2.30.